The van der Waals surface area contributed by atoms with Crippen LogP contribution in [0.1, 0.15) is 41.7 Å². The topological polar surface area (TPSA) is 45.2 Å². The predicted molar refractivity (Wildman–Crippen MR) is 102 cm³/mol. The molecule has 0 atom stereocenters. The van der Waals surface area contributed by atoms with Crippen LogP contribution in [0.3, 0.4) is 0 Å². The molecule has 0 radical (unpaired) electrons. The van der Waals surface area contributed by atoms with Crippen LogP contribution in [-0.4, -0.2) is 34.1 Å². The second-order valence-electron chi connectivity index (χ2n) is 6.12. The molecular formula is C18H23N3OS2. The first-order valence-corrected chi connectivity index (χ1v) is 10.0. The van der Waals surface area contributed by atoms with Crippen molar-refractivity contribution in [1.82, 2.24) is 9.88 Å². The first kappa shape index (κ1) is 17.5. The number of thioether (sulfide) groups is 1. The van der Waals surface area contributed by atoms with Gasteiger partial charge in [0.25, 0.3) is 5.91 Å². The average Bonchev–Trinajstić information content (AvgIpc) is 2.95. The number of fused-ring (bicyclic) bond motifs is 1. The summed E-state index contributed by atoms with van der Waals surface area (Å²) in [6.07, 6.45) is 0.968. The number of carbonyl (C=O) groups is 1. The summed E-state index contributed by atoms with van der Waals surface area (Å²) in [7, 11) is 0. The first-order valence-electron chi connectivity index (χ1n) is 8.34. The molecule has 0 saturated heterocycles. The van der Waals surface area contributed by atoms with E-state index in [4.69, 9.17) is 0 Å². The number of carbonyl (C=O) groups excluding carboxylic acids is 1. The molecule has 2 aromatic rings. The Morgan fingerprint density at radius 3 is 2.96 bits per heavy atom. The molecule has 1 N–H and O–H groups in total. The molecule has 6 heteroatoms. The summed E-state index contributed by atoms with van der Waals surface area (Å²) >= 11 is 3.32. The molecule has 1 aliphatic heterocycles. The quantitative estimate of drug-likeness (QED) is 0.808. The second-order valence-corrected chi connectivity index (χ2v) is 8.83. The fraction of sp³-hybridized carbons (Fsp3) is 0.444. The number of thiazole rings is 1. The van der Waals surface area contributed by atoms with Gasteiger partial charge in [0.2, 0.25) is 0 Å². The van der Waals surface area contributed by atoms with E-state index in [9.17, 15) is 4.79 Å². The van der Waals surface area contributed by atoms with Crippen molar-refractivity contribution in [3.05, 3.63) is 40.4 Å². The first-order chi connectivity index (χ1) is 11.6. The van der Waals surface area contributed by atoms with Gasteiger partial charge in [-0.1, -0.05) is 32.9 Å². The van der Waals surface area contributed by atoms with E-state index in [1.165, 1.54) is 4.88 Å². The van der Waals surface area contributed by atoms with Crippen molar-refractivity contribution in [2.45, 2.75) is 43.9 Å². The van der Waals surface area contributed by atoms with Gasteiger partial charge in [-0.05, 0) is 18.7 Å². The number of rotatable bonds is 5. The summed E-state index contributed by atoms with van der Waals surface area (Å²) in [5.41, 5.74) is 1.87. The molecule has 0 unspecified atom stereocenters. The predicted octanol–water partition coefficient (Wildman–Crippen LogP) is 4.27. The molecule has 128 valence electrons. The molecule has 1 aromatic carbocycles. The van der Waals surface area contributed by atoms with Gasteiger partial charge in [-0.2, -0.15) is 0 Å². The van der Waals surface area contributed by atoms with E-state index in [-0.39, 0.29) is 5.91 Å². The molecule has 0 fully saturated rings. The van der Waals surface area contributed by atoms with E-state index in [1.54, 1.807) is 23.1 Å². The Morgan fingerprint density at radius 2 is 2.21 bits per heavy atom. The average molecular weight is 362 g/mol. The van der Waals surface area contributed by atoms with Crippen molar-refractivity contribution < 1.29 is 4.79 Å². The monoisotopic (exact) mass is 361 g/mol. The van der Waals surface area contributed by atoms with Crippen molar-refractivity contribution in [2.24, 2.45) is 0 Å². The third kappa shape index (κ3) is 3.99. The Kier molecular flexibility index (Phi) is 5.58. The maximum atomic E-state index is 12.7. The third-order valence-corrected chi connectivity index (χ3v) is 6.05. The van der Waals surface area contributed by atoms with Gasteiger partial charge in [-0.25, -0.2) is 4.98 Å². The minimum absolute atomic E-state index is 0.0720. The van der Waals surface area contributed by atoms with Gasteiger partial charge in [-0.3, -0.25) is 15.0 Å². The molecular weight excluding hydrogens is 338 g/mol. The lowest BCUT2D eigenvalue weighted by atomic mass is 10.2. The zero-order valence-corrected chi connectivity index (χ0v) is 16.0. The zero-order valence-electron chi connectivity index (χ0n) is 14.3. The molecule has 2 heterocycles. The highest BCUT2D eigenvalue weighted by Gasteiger charge is 2.21. The Hall–Kier alpha value is -1.37. The van der Waals surface area contributed by atoms with Crippen LogP contribution in [0.4, 0.5) is 5.13 Å². The maximum Gasteiger partial charge on any atom is 0.258 e. The number of likely N-dealkylation sites (N-methyl/N-ethyl adjacent to an activating group) is 1. The lowest BCUT2D eigenvalue weighted by Gasteiger charge is -2.23. The third-order valence-electron chi connectivity index (χ3n) is 3.97. The van der Waals surface area contributed by atoms with Crippen LogP contribution in [-0.2, 0) is 13.0 Å². The fourth-order valence-corrected chi connectivity index (χ4v) is 4.75. The summed E-state index contributed by atoms with van der Waals surface area (Å²) < 4.78 is 0. The smallest absolute Gasteiger partial charge is 0.258 e. The standard InChI is InChI=1S/C18H23N3OS2/c1-4-21-10-9-14-16(11-21)24-18(19-14)20-17(22)13-7-5-6-8-15(13)23-12(2)3/h5-8,12H,4,9-11H2,1-3H3,(H,19,20,22). The van der Waals surface area contributed by atoms with Gasteiger partial charge in [0.15, 0.2) is 5.13 Å². The Morgan fingerprint density at radius 1 is 1.42 bits per heavy atom. The Labute approximate surface area is 151 Å². The summed E-state index contributed by atoms with van der Waals surface area (Å²) in [5, 5.41) is 4.15. The minimum Gasteiger partial charge on any atom is -0.298 e. The number of hydrogen-bond acceptors (Lipinski definition) is 5. The highest BCUT2D eigenvalue weighted by atomic mass is 32.2. The van der Waals surface area contributed by atoms with Crippen molar-refractivity contribution >= 4 is 34.1 Å². The lowest BCUT2D eigenvalue weighted by molar-refractivity contribution is 0.102. The van der Waals surface area contributed by atoms with Gasteiger partial charge in [0.1, 0.15) is 0 Å². The largest absolute Gasteiger partial charge is 0.298 e. The number of hydrogen-bond donors (Lipinski definition) is 1. The Bertz CT molecular complexity index is 727. The highest BCUT2D eigenvalue weighted by Crippen LogP contribution is 2.30. The van der Waals surface area contributed by atoms with E-state index >= 15 is 0 Å². The van der Waals surface area contributed by atoms with Gasteiger partial charge in [0, 0.05) is 34.5 Å². The van der Waals surface area contributed by atoms with Crippen molar-refractivity contribution in [3.63, 3.8) is 0 Å². The summed E-state index contributed by atoms with van der Waals surface area (Å²) in [5.74, 6) is -0.0720. The summed E-state index contributed by atoms with van der Waals surface area (Å²) in [6, 6.07) is 7.77. The van der Waals surface area contributed by atoms with Gasteiger partial charge in [-0.15, -0.1) is 23.1 Å². The van der Waals surface area contributed by atoms with Crippen LogP contribution in [0.2, 0.25) is 0 Å². The number of anilines is 1. The van der Waals surface area contributed by atoms with Crippen LogP contribution >= 0.6 is 23.1 Å². The molecule has 24 heavy (non-hydrogen) atoms. The van der Waals surface area contributed by atoms with Gasteiger partial charge in [0.05, 0.1) is 11.3 Å². The van der Waals surface area contributed by atoms with E-state index < -0.39 is 0 Å². The van der Waals surface area contributed by atoms with Crippen LogP contribution in [0, 0.1) is 0 Å². The Balaban J connectivity index is 1.75. The van der Waals surface area contributed by atoms with E-state index in [0.29, 0.717) is 10.4 Å². The van der Waals surface area contributed by atoms with Crippen LogP contribution in [0.25, 0.3) is 0 Å². The van der Waals surface area contributed by atoms with Gasteiger partial charge < -0.3 is 0 Å². The molecule has 1 aliphatic rings. The summed E-state index contributed by atoms with van der Waals surface area (Å²) in [4.78, 5) is 22.0. The number of benzene rings is 1. The molecule has 0 bridgehead atoms. The maximum absolute atomic E-state index is 12.7. The number of aromatic nitrogens is 1. The number of nitrogens with one attached hydrogen (secondary N) is 1. The molecule has 0 aliphatic carbocycles. The molecule has 1 aromatic heterocycles. The second kappa shape index (κ2) is 7.68. The SMILES string of the molecule is CCN1CCc2nc(NC(=O)c3ccccc3SC(C)C)sc2C1. The van der Waals surface area contributed by atoms with Crippen molar-refractivity contribution in [3.8, 4) is 0 Å². The molecule has 1 amide bonds. The number of nitrogens with zero attached hydrogens (tertiary/aromatic N) is 2. The zero-order chi connectivity index (χ0) is 17.1. The fourth-order valence-electron chi connectivity index (χ4n) is 2.75. The molecule has 4 nitrogen and oxygen atoms in total. The normalized spacial score (nSPS) is 14.7. The van der Waals surface area contributed by atoms with Crippen molar-refractivity contribution in [1.29, 1.82) is 0 Å². The van der Waals surface area contributed by atoms with Crippen LogP contribution in [0.5, 0.6) is 0 Å². The number of amides is 1. The minimum atomic E-state index is -0.0720. The molecule has 3 rings (SSSR count). The molecule has 0 saturated carbocycles. The van der Waals surface area contributed by atoms with Crippen LogP contribution in [0.15, 0.2) is 29.2 Å². The molecule has 0 spiro atoms. The van der Waals surface area contributed by atoms with E-state index in [0.717, 1.165) is 42.2 Å². The van der Waals surface area contributed by atoms with E-state index in [1.807, 2.05) is 24.3 Å². The summed E-state index contributed by atoms with van der Waals surface area (Å²) in [6.45, 7) is 9.49. The van der Waals surface area contributed by atoms with Crippen molar-refractivity contribution in [2.75, 3.05) is 18.4 Å². The highest BCUT2D eigenvalue weighted by molar-refractivity contribution is 8.00. The lowest BCUT2D eigenvalue weighted by Crippen LogP contribution is -2.29. The van der Waals surface area contributed by atoms with Gasteiger partial charge >= 0.3 is 0 Å². The van der Waals surface area contributed by atoms with Crippen LogP contribution < -0.4 is 5.32 Å². The van der Waals surface area contributed by atoms with E-state index in [2.05, 4.69) is 36.0 Å².